The summed E-state index contributed by atoms with van der Waals surface area (Å²) >= 11 is 1.89. The second-order valence-corrected chi connectivity index (χ2v) is 14.1. The summed E-state index contributed by atoms with van der Waals surface area (Å²) in [5.74, 6) is -2.56. The van der Waals surface area contributed by atoms with Gasteiger partial charge in [0.25, 0.3) is 5.78 Å². The molecule has 2 aromatic heterocycles. The Morgan fingerprint density at radius 1 is 0.935 bits per heavy atom. The molecule has 0 aliphatic rings. The molecule has 1 radical (unpaired) electrons. The Morgan fingerprint density at radius 2 is 1.52 bits per heavy atom. The molecule has 1 N–H and O–H groups in total. The van der Waals surface area contributed by atoms with E-state index in [1.807, 2.05) is 15.9 Å². The van der Waals surface area contributed by atoms with Crippen molar-refractivity contribution in [2.75, 3.05) is 0 Å². The number of carbonyl (C=O) groups excluding carboxylic acids is 1. The second kappa shape index (κ2) is 13.8. The number of hydrogen-bond donors (Lipinski definition) is 1. The van der Waals surface area contributed by atoms with Crippen LogP contribution in [0.4, 0.5) is 13.2 Å². The van der Waals surface area contributed by atoms with Gasteiger partial charge in [-0.3, -0.25) is 4.79 Å². The van der Waals surface area contributed by atoms with Crippen LogP contribution in [0.2, 0.25) is 0 Å². The Kier molecular flexibility index (Phi) is 11.1. The van der Waals surface area contributed by atoms with E-state index in [9.17, 15) is 18.0 Å². The number of halogens is 3. The van der Waals surface area contributed by atoms with Crippen LogP contribution in [-0.4, -0.2) is 17.1 Å². The number of hydrogen-bond acceptors (Lipinski definition) is 3. The first kappa shape index (κ1) is 37.1. The van der Waals surface area contributed by atoms with E-state index >= 15 is 0 Å². The predicted octanol–water partition coefficient (Wildman–Crippen LogP) is 10.9. The fraction of sp³-hybridized carbons (Fsp3) is 0.316. The number of aryl methyl sites for hydroxylation is 1. The van der Waals surface area contributed by atoms with Gasteiger partial charge in [-0.1, -0.05) is 89.7 Å². The predicted molar refractivity (Wildman–Crippen MR) is 182 cm³/mol. The first-order valence-corrected chi connectivity index (χ1v) is 15.8. The summed E-state index contributed by atoms with van der Waals surface area (Å²) in [5.41, 5.74) is 7.58. The molecule has 0 atom stereocenters. The van der Waals surface area contributed by atoms with E-state index in [2.05, 4.69) is 110 Å². The van der Waals surface area contributed by atoms with Gasteiger partial charge in [-0.15, -0.1) is 34.4 Å². The monoisotopic (exact) mass is 825 g/mol. The van der Waals surface area contributed by atoms with Crippen molar-refractivity contribution in [1.29, 1.82) is 0 Å². The van der Waals surface area contributed by atoms with Crippen LogP contribution in [0.3, 0.4) is 0 Å². The average molecular weight is 825 g/mol. The molecule has 0 fully saturated rings. The maximum Gasteiger partial charge on any atom is 0.454 e. The van der Waals surface area contributed by atoms with Gasteiger partial charge in [0, 0.05) is 48.5 Å². The summed E-state index contributed by atoms with van der Waals surface area (Å²) in [6, 6.07) is 17.9. The van der Waals surface area contributed by atoms with Gasteiger partial charge in [0.1, 0.15) is 0 Å². The van der Waals surface area contributed by atoms with E-state index in [1.54, 1.807) is 0 Å². The number of carbonyl (C=O) groups is 1. The summed E-state index contributed by atoms with van der Waals surface area (Å²) in [6.07, 6.45) is -2.60. The Bertz CT molecular complexity index is 1950. The first-order chi connectivity index (χ1) is 20.8. The molecule has 0 amide bonds. The smallest absolute Gasteiger partial charge is 0.454 e. The van der Waals surface area contributed by atoms with Crippen LogP contribution in [0.25, 0.3) is 42.2 Å². The van der Waals surface area contributed by atoms with Gasteiger partial charge in [-0.25, -0.2) is 0 Å². The number of aliphatic hydroxyl groups excluding tert-OH is 1. The summed E-state index contributed by atoms with van der Waals surface area (Å²) in [7, 11) is 4.39. The normalized spacial score (nSPS) is 12.5. The fourth-order valence-electron chi connectivity index (χ4n) is 5.59. The molecule has 3 nitrogen and oxygen atoms in total. The van der Waals surface area contributed by atoms with Crippen molar-refractivity contribution in [2.45, 2.75) is 72.9 Å². The van der Waals surface area contributed by atoms with E-state index in [0.29, 0.717) is 5.92 Å². The van der Waals surface area contributed by atoms with Crippen molar-refractivity contribution in [3.05, 3.63) is 103 Å². The Balaban J connectivity index is 0.000000380. The molecular weight excluding hydrogens is 784 g/mol. The van der Waals surface area contributed by atoms with Crippen LogP contribution in [0, 0.1) is 26.8 Å². The minimum absolute atomic E-state index is 0. The Morgan fingerprint density at radius 3 is 2.07 bits per heavy atom. The van der Waals surface area contributed by atoms with E-state index in [4.69, 9.17) is 5.11 Å². The number of pyridine rings is 1. The Labute approximate surface area is 287 Å². The number of alkyl halides is 3. The average Bonchev–Trinajstić information content (AvgIpc) is 3.32. The molecule has 0 saturated carbocycles. The molecule has 0 spiro atoms. The quantitative estimate of drug-likeness (QED) is 0.0849. The molecule has 0 unspecified atom stereocenters. The van der Waals surface area contributed by atoms with Gasteiger partial charge in [0.05, 0.1) is 17.6 Å². The van der Waals surface area contributed by atoms with Gasteiger partial charge < -0.3 is 9.67 Å². The molecule has 46 heavy (non-hydrogen) atoms. The molecule has 3 aromatic carbocycles. The van der Waals surface area contributed by atoms with Crippen molar-refractivity contribution in [3.8, 4) is 11.3 Å². The SMILES string of the molecule is CC(C)/C(O)=C/C(=O)C(F)(F)F.[CH2-]c1c(-c2c3sc4c(C)c(C(C)C)ccc4c3cc[n+]2[CH2-])cc(C(C)(C)C)c2ccccc12.[Ir]. The summed E-state index contributed by atoms with van der Waals surface area (Å²) in [4.78, 5) is 10.2. The summed E-state index contributed by atoms with van der Waals surface area (Å²) in [6.45, 7) is 21.2. The van der Waals surface area contributed by atoms with Crippen LogP contribution in [-0.2, 0) is 30.3 Å². The van der Waals surface area contributed by atoms with E-state index < -0.39 is 23.6 Å². The van der Waals surface area contributed by atoms with Gasteiger partial charge in [-0.2, -0.15) is 25.7 Å². The third-order valence-corrected chi connectivity index (χ3v) is 9.45. The molecular formula is C38H41F3IrNO2S-. The van der Waals surface area contributed by atoms with Gasteiger partial charge >= 0.3 is 6.18 Å². The Hall–Kier alpha value is -3.32. The van der Waals surface area contributed by atoms with Gasteiger partial charge in [-0.05, 0) is 46.2 Å². The first-order valence-electron chi connectivity index (χ1n) is 15.0. The zero-order valence-electron chi connectivity index (χ0n) is 27.5. The second-order valence-electron chi connectivity index (χ2n) is 13.1. The molecule has 5 rings (SSSR count). The van der Waals surface area contributed by atoms with Crippen molar-refractivity contribution >= 4 is 48.1 Å². The number of thiophene rings is 1. The molecule has 8 heteroatoms. The van der Waals surface area contributed by atoms with Crippen LogP contribution in [0.15, 0.2) is 66.6 Å². The molecule has 0 aliphatic carbocycles. The molecule has 5 aromatic rings. The number of ketones is 1. The maximum absolute atomic E-state index is 11.6. The van der Waals surface area contributed by atoms with Gasteiger partial charge in [0.15, 0.2) is 0 Å². The number of rotatable bonds is 4. The van der Waals surface area contributed by atoms with Crippen LogP contribution in [0.5, 0.6) is 0 Å². The zero-order chi connectivity index (χ0) is 33.6. The van der Waals surface area contributed by atoms with Crippen molar-refractivity contribution < 1.29 is 47.7 Å². The third-order valence-electron chi connectivity index (χ3n) is 8.10. The third kappa shape index (κ3) is 7.30. The zero-order valence-corrected chi connectivity index (χ0v) is 30.7. The van der Waals surface area contributed by atoms with E-state index in [1.165, 1.54) is 67.0 Å². The molecule has 0 aliphatic heterocycles. The number of nitrogens with zero attached hydrogens (tertiary/aromatic N) is 1. The molecule has 2 heterocycles. The summed E-state index contributed by atoms with van der Waals surface area (Å²) in [5, 5.41) is 13.9. The number of benzene rings is 3. The van der Waals surface area contributed by atoms with Crippen molar-refractivity contribution in [1.82, 2.24) is 0 Å². The topological polar surface area (TPSA) is 41.2 Å². The largest absolute Gasteiger partial charge is 0.512 e. The summed E-state index contributed by atoms with van der Waals surface area (Å²) < 4.78 is 39.4. The maximum atomic E-state index is 11.6. The van der Waals surface area contributed by atoms with E-state index in [-0.39, 0.29) is 31.6 Å². The number of aromatic nitrogens is 1. The molecule has 0 saturated heterocycles. The van der Waals surface area contributed by atoms with Crippen molar-refractivity contribution in [3.63, 3.8) is 0 Å². The number of fused-ring (bicyclic) bond motifs is 4. The molecule has 0 bridgehead atoms. The van der Waals surface area contributed by atoms with Crippen molar-refractivity contribution in [2.24, 2.45) is 5.92 Å². The van der Waals surface area contributed by atoms with Crippen LogP contribution < -0.4 is 4.57 Å². The number of allylic oxidation sites excluding steroid dienone is 2. The van der Waals surface area contributed by atoms with E-state index in [0.717, 1.165) is 11.3 Å². The van der Waals surface area contributed by atoms with Crippen LogP contribution in [0.1, 0.15) is 76.6 Å². The minimum Gasteiger partial charge on any atom is -0.512 e. The fourth-order valence-corrected chi connectivity index (χ4v) is 6.97. The van der Waals surface area contributed by atoms with Gasteiger partial charge in [0.2, 0.25) is 0 Å². The van der Waals surface area contributed by atoms with Crippen LogP contribution >= 0.6 is 11.3 Å². The minimum atomic E-state index is -4.90. The molecule has 247 valence electrons. The standard InChI is InChI=1S/C31H32NS.C7H9F3O2.Ir/c1-18(2)21-13-14-24-25-15-16-32(8)28(30(25)33-29(24)20(21)4)26-17-27(31(5,6)7)23-12-10-9-11-22(23)19(26)3;1-4(2)5(11)3-6(12)7(8,9)10;/h9-18H,3,8H2,1-2,4-7H3;3-4,11H,1-2H3;/q-1;;/b;5-3-;. The number of aliphatic hydroxyl groups is 1.